The number of halogens is 3. The van der Waals surface area contributed by atoms with E-state index in [1.54, 1.807) is 66.7 Å². The second-order valence-electron chi connectivity index (χ2n) is 6.55. The SMILES string of the molecule is O=C1S/C(=C\c2cc(Cl)c(OCc3ccccc3F)c(Cl)c2)C(=O)N1c1ccccc1. The summed E-state index contributed by atoms with van der Waals surface area (Å²) >= 11 is 13.5. The summed E-state index contributed by atoms with van der Waals surface area (Å²) in [4.78, 5) is 26.5. The van der Waals surface area contributed by atoms with E-state index in [0.29, 0.717) is 16.8 Å². The first kappa shape index (κ1) is 21.4. The summed E-state index contributed by atoms with van der Waals surface area (Å²) in [6, 6.07) is 18.1. The number of imide groups is 1. The highest BCUT2D eigenvalue weighted by molar-refractivity contribution is 8.19. The summed E-state index contributed by atoms with van der Waals surface area (Å²) in [6.45, 7) is -0.0403. The van der Waals surface area contributed by atoms with Gasteiger partial charge in [-0.3, -0.25) is 9.59 Å². The maximum atomic E-state index is 13.8. The molecule has 8 heteroatoms. The number of benzene rings is 3. The van der Waals surface area contributed by atoms with E-state index < -0.39 is 5.91 Å². The van der Waals surface area contributed by atoms with Crippen molar-refractivity contribution in [2.45, 2.75) is 6.61 Å². The fraction of sp³-hybridized carbons (Fsp3) is 0.0435. The van der Waals surface area contributed by atoms with Gasteiger partial charge in [-0.2, -0.15) is 0 Å². The summed E-state index contributed by atoms with van der Waals surface area (Å²) in [5.74, 6) is -0.602. The average molecular weight is 474 g/mol. The second-order valence-corrected chi connectivity index (χ2v) is 8.35. The zero-order valence-electron chi connectivity index (χ0n) is 15.8. The third kappa shape index (κ3) is 4.61. The van der Waals surface area contributed by atoms with Crippen LogP contribution in [-0.4, -0.2) is 11.1 Å². The zero-order chi connectivity index (χ0) is 22.0. The molecule has 0 bridgehead atoms. The van der Waals surface area contributed by atoms with Crippen LogP contribution in [0.3, 0.4) is 0 Å². The van der Waals surface area contributed by atoms with Crippen molar-refractivity contribution in [3.63, 3.8) is 0 Å². The van der Waals surface area contributed by atoms with Gasteiger partial charge in [0.15, 0.2) is 5.75 Å². The molecule has 1 saturated heterocycles. The van der Waals surface area contributed by atoms with Crippen LogP contribution in [0.15, 0.2) is 71.6 Å². The number of ether oxygens (including phenoxy) is 1. The summed E-state index contributed by atoms with van der Waals surface area (Å²) in [5.41, 5.74) is 1.40. The number of hydrogen-bond donors (Lipinski definition) is 0. The van der Waals surface area contributed by atoms with Crippen LogP contribution < -0.4 is 9.64 Å². The van der Waals surface area contributed by atoms with Gasteiger partial charge < -0.3 is 4.74 Å². The Kier molecular flexibility index (Phi) is 6.32. The van der Waals surface area contributed by atoms with E-state index in [4.69, 9.17) is 27.9 Å². The lowest BCUT2D eigenvalue weighted by atomic mass is 10.2. The van der Waals surface area contributed by atoms with Crippen molar-refractivity contribution in [3.8, 4) is 5.75 Å². The van der Waals surface area contributed by atoms with Gasteiger partial charge >= 0.3 is 0 Å². The predicted molar refractivity (Wildman–Crippen MR) is 122 cm³/mol. The average Bonchev–Trinajstić information content (AvgIpc) is 3.02. The van der Waals surface area contributed by atoms with Crippen molar-refractivity contribution in [3.05, 3.63) is 98.6 Å². The molecule has 0 spiro atoms. The highest BCUT2D eigenvalue weighted by Gasteiger charge is 2.36. The number of thioether (sulfide) groups is 1. The second kappa shape index (κ2) is 9.14. The van der Waals surface area contributed by atoms with Crippen LogP contribution in [0.2, 0.25) is 10.0 Å². The Labute approximate surface area is 192 Å². The van der Waals surface area contributed by atoms with Crippen molar-refractivity contribution in [2.24, 2.45) is 0 Å². The molecule has 1 aliphatic rings. The molecule has 156 valence electrons. The summed E-state index contributed by atoms with van der Waals surface area (Å²) in [7, 11) is 0. The maximum absolute atomic E-state index is 13.8. The molecule has 3 aromatic carbocycles. The molecule has 1 aliphatic heterocycles. The number of rotatable bonds is 5. The monoisotopic (exact) mass is 473 g/mol. The van der Waals surface area contributed by atoms with Gasteiger partial charge in [-0.05, 0) is 53.7 Å². The molecular formula is C23H14Cl2FNO3S. The molecule has 0 saturated carbocycles. The first-order chi connectivity index (χ1) is 14.9. The van der Waals surface area contributed by atoms with Crippen LogP contribution in [0.25, 0.3) is 6.08 Å². The first-order valence-electron chi connectivity index (χ1n) is 9.12. The lowest BCUT2D eigenvalue weighted by molar-refractivity contribution is -0.113. The standard InChI is InChI=1S/C23H14Cl2FNO3S/c24-17-10-14(11-18(25)21(17)30-13-15-6-4-5-9-19(15)26)12-20-22(28)27(23(29)31-20)16-7-2-1-3-8-16/h1-12H,13H2/b20-12-. The van der Waals surface area contributed by atoms with Crippen LogP contribution in [-0.2, 0) is 11.4 Å². The fourth-order valence-corrected chi connectivity index (χ4v) is 4.44. The molecule has 0 aromatic heterocycles. The van der Waals surface area contributed by atoms with Gasteiger partial charge in [-0.1, -0.05) is 59.6 Å². The van der Waals surface area contributed by atoms with Crippen molar-refractivity contribution >= 4 is 57.9 Å². The molecule has 4 nitrogen and oxygen atoms in total. The molecule has 31 heavy (non-hydrogen) atoms. The first-order valence-corrected chi connectivity index (χ1v) is 10.7. The summed E-state index contributed by atoms with van der Waals surface area (Å²) < 4.78 is 19.4. The van der Waals surface area contributed by atoms with E-state index in [0.717, 1.165) is 16.7 Å². The van der Waals surface area contributed by atoms with E-state index in [1.165, 1.54) is 6.07 Å². The molecule has 0 N–H and O–H groups in total. The lowest BCUT2D eigenvalue weighted by Gasteiger charge is -2.12. The van der Waals surface area contributed by atoms with Crippen molar-refractivity contribution < 1.29 is 18.7 Å². The molecule has 0 aliphatic carbocycles. The minimum Gasteiger partial charge on any atom is -0.486 e. The van der Waals surface area contributed by atoms with Crippen LogP contribution in [0.5, 0.6) is 5.75 Å². The predicted octanol–water partition coefficient (Wildman–Crippen LogP) is 6.95. The zero-order valence-corrected chi connectivity index (χ0v) is 18.2. The normalized spacial score (nSPS) is 15.1. The van der Waals surface area contributed by atoms with Crippen LogP contribution in [0.1, 0.15) is 11.1 Å². The largest absolute Gasteiger partial charge is 0.486 e. The Hall–Kier alpha value is -2.80. The smallest absolute Gasteiger partial charge is 0.298 e. The highest BCUT2D eigenvalue weighted by Crippen LogP contribution is 2.39. The van der Waals surface area contributed by atoms with E-state index >= 15 is 0 Å². The van der Waals surface area contributed by atoms with E-state index in [2.05, 4.69) is 0 Å². The number of carbonyl (C=O) groups is 2. The third-order valence-electron chi connectivity index (χ3n) is 4.46. The Morgan fingerprint density at radius 1 is 0.968 bits per heavy atom. The maximum Gasteiger partial charge on any atom is 0.298 e. The van der Waals surface area contributed by atoms with Crippen molar-refractivity contribution in [1.82, 2.24) is 0 Å². The summed E-state index contributed by atoms with van der Waals surface area (Å²) in [6.07, 6.45) is 1.55. The third-order valence-corrected chi connectivity index (χ3v) is 5.89. The lowest BCUT2D eigenvalue weighted by Crippen LogP contribution is -2.27. The Morgan fingerprint density at radius 2 is 1.61 bits per heavy atom. The fourth-order valence-electron chi connectivity index (χ4n) is 2.98. The Morgan fingerprint density at radius 3 is 2.29 bits per heavy atom. The number of hydrogen-bond acceptors (Lipinski definition) is 4. The van der Waals surface area contributed by atoms with E-state index in [-0.39, 0.29) is 38.4 Å². The van der Waals surface area contributed by atoms with Gasteiger partial charge in [0.1, 0.15) is 12.4 Å². The van der Waals surface area contributed by atoms with E-state index in [9.17, 15) is 14.0 Å². The van der Waals surface area contributed by atoms with Gasteiger partial charge in [-0.25, -0.2) is 9.29 Å². The molecular weight excluding hydrogens is 460 g/mol. The van der Waals surface area contributed by atoms with Gasteiger partial charge in [0.2, 0.25) is 0 Å². The van der Waals surface area contributed by atoms with E-state index in [1.807, 2.05) is 0 Å². The molecule has 0 atom stereocenters. The molecule has 3 aromatic rings. The quantitative estimate of drug-likeness (QED) is 0.376. The van der Waals surface area contributed by atoms with Gasteiger partial charge in [-0.15, -0.1) is 0 Å². The number of amides is 2. The Balaban J connectivity index is 1.56. The van der Waals surface area contributed by atoms with Crippen LogP contribution in [0, 0.1) is 5.82 Å². The van der Waals surface area contributed by atoms with Gasteiger partial charge in [0, 0.05) is 5.56 Å². The minimum absolute atomic E-state index is 0.0403. The van der Waals surface area contributed by atoms with Gasteiger partial charge in [0.25, 0.3) is 11.1 Å². The molecule has 0 unspecified atom stereocenters. The number of anilines is 1. The van der Waals surface area contributed by atoms with Crippen molar-refractivity contribution in [1.29, 1.82) is 0 Å². The molecule has 0 radical (unpaired) electrons. The molecule has 1 fully saturated rings. The number of nitrogens with zero attached hydrogens (tertiary/aromatic N) is 1. The van der Waals surface area contributed by atoms with Crippen molar-refractivity contribution in [2.75, 3.05) is 4.90 Å². The molecule has 4 rings (SSSR count). The molecule has 2 amide bonds. The number of carbonyl (C=O) groups excluding carboxylic acids is 2. The van der Waals surface area contributed by atoms with Gasteiger partial charge in [0.05, 0.1) is 20.6 Å². The number of para-hydroxylation sites is 1. The van der Waals surface area contributed by atoms with Crippen LogP contribution >= 0.6 is 35.0 Å². The Bertz CT molecular complexity index is 1180. The van der Waals surface area contributed by atoms with Crippen LogP contribution in [0.4, 0.5) is 14.9 Å². The highest BCUT2D eigenvalue weighted by atomic mass is 35.5. The summed E-state index contributed by atoms with van der Waals surface area (Å²) in [5, 5.41) is 0.0271. The topological polar surface area (TPSA) is 46.6 Å². The molecule has 1 heterocycles. The minimum atomic E-state index is -0.423.